The van der Waals surface area contributed by atoms with Gasteiger partial charge in [-0.3, -0.25) is 0 Å². The number of nitrogens with zero attached hydrogens (tertiary/aromatic N) is 3. The standard InChI is InChI=1S/C15H16N4/c1-10-13(17)6-7-19(10)15-8-11(9-16)12-4-2-3-5-14(12)18-15/h2-5,8,10,13H,6-7,17H2,1H3. The number of hydrogen-bond acceptors (Lipinski definition) is 4. The highest BCUT2D eigenvalue weighted by molar-refractivity contribution is 5.86. The van der Waals surface area contributed by atoms with Gasteiger partial charge in [0.05, 0.1) is 17.1 Å². The van der Waals surface area contributed by atoms with Crippen molar-refractivity contribution in [2.45, 2.75) is 25.4 Å². The van der Waals surface area contributed by atoms with Crippen molar-refractivity contribution in [1.29, 1.82) is 5.26 Å². The lowest BCUT2D eigenvalue weighted by molar-refractivity contribution is 0.622. The second-order valence-electron chi connectivity index (χ2n) is 5.04. The summed E-state index contributed by atoms with van der Waals surface area (Å²) in [6.45, 7) is 3.01. The number of anilines is 1. The number of rotatable bonds is 1. The SMILES string of the molecule is CC1C(N)CCN1c1cc(C#N)c2ccccc2n1. The minimum Gasteiger partial charge on any atom is -0.352 e. The number of pyridine rings is 1. The van der Waals surface area contributed by atoms with Gasteiger partial charge in [-0.1, -0.05) is 18.2 Å². The Bertz CT molecular complexity index is 659. The molecule has 1 aliphatic heterocycles. The Hall–Kier alpha value is -2.12. The van der Waals surface area contributed by atoms with E-state index in [1.807, 2.05) is 30.3 Å². The van der Waals surface area contributed by atoms with Gasteiger partial charge in [-0.05, 0) is 25.5 Å². The summed E-state index contributed by atoms with van der Waals surface area (Å²) in [7, 11) is 0. The monoisotopic (exact) mass is 252 g/mol. The molecule has 4 nitrogen and oxygen atoms in total. The van der Waals surface area contributed by atoms with Crippen molar-refractivity contribution >= 4 is 16.7 Å². The molecular weight excluding hydrogens is 236 g/mol. The molecular formula is C15H16N4. The van der Waals surface area contributed by atoms with Gasteiger partial charge in [0.2, 0.25) is 0 Å². The van der Waals surface area contributed by atoms with Crippen LogP contribution in [0.1, 0.15) is 18.9 Å². The van der Waals surface area contributed by atoms with Crippen molar-refractivity contribution in [2.24, 2.45) is 5.73 Å². The largest absolute Gasteiger partial charge is 0.352 e. The molecule has 0 aliphatic carbocycles. The molecule has 4 heteroatoms. The van der Waals surface area contributed by atoms with E-state index in [0.29, 0.717) is 5.56 Å². The molecule has 2 aromatic rings. The molecule has 19 heavy (non-hydrogen) atoms. The van der Waals surface area contributed by atoms with E-state index < -0.39 is 0 Å². The Labute approximate surface area is 112 Å². The number of benzene rings is 1. The predicted octanol–water partition coefficient (Wildman–Crippen LogP) is 2.03. The topological polar surface area (TPSA) is 65.9 Å². The molecule has 0 spiro atoms. The van der Waals surface area contributed by atoms with E-state index in [-0.39, 0.29) is 12.1 Å². The Kier molecular flexibility index (Phi) is 2.84. The molecule has 2 N–H and O–H groups in total. The van der Waals surface area contributed by atoms with Crippen molar-refractivity contribution in [2.75, 3.05) is 11.4 Å². The van der Waals surface area contributed by atoms with Gasteiger partial charge in [0.25, 0.3) is 0 Å². The lowest BCUT2D eigenvalue weighted by Crippen LogP contribution is -2.37. The zero-order valence-corrected chi connectivity index (χ0v) is 10.9. The second kappa shape index (κ2) is 4.52. The van der Waals surface area contributed by atoms with Crippen molar-refractivity contribution in [3.8, 4) is 6.07 Å². The number of para-hydroxylation sites is 1. The minimum atomic E-state index is 0.179. The summed E-state index contributed by atoms with van der Waals surface area (Å²) in [6.07, 6.45) is 0.970. The van der Waals surface area contributed by atoms with E-state index in [1.54, 1.807) is 0 Å². The molecule has 1 fully saturated rings. The van der Waals surface area contributed by atoms with Crippen molar-refractivity contribution in [3.63, 3.8) is 0 Å². The number of fused-ring (bicyclic) bond motifs is 1. The molecule has 0 radical (unpaired) electrons. The lowest BCUT2D eigenvalue weighted by Gasteiger charge is -2.24. The summed E-state index contributed by atoms with van der Waals surface area (Å²) in [6, 6.07) is 12.3. The maximum absolute atomic E-state index is 9.30. The van der Waals surface area contributed by atoms with Crippen LogP contribution in [-0.4, -0.2) is 23.6 Å². The molecule has 0 saturated carbocycles. The highest BCUT2D eigenvalue weighted by Gasteiger charge is 2.29. The first kappa shape index (κ1) is 11.9. The van der Waals surface area contributed by atoms with E-state index in [2.05, 4.69) is 22.9 Å². The van der Waals surface area contributed by atoms with Gasteiger partial charge in [-0.25, -0.2) is 4.98 Å². The molecule has 1 aliphatic rings. The summed E-state index contributed by atoms with van der Waals surface area (Å²) >= 11 is 0. The van der Waals surface area contributed by atoms with Crippen LogP contribution in [0.15, 0.2) is 30.3 Å². The third-order valence-electron chi connectivity index (χ3n) is 3.93. The molecule has 2 heterocycles. The summed E-state index contributed by atoms with van der Waals surface area (Å²) in [5.41, 5.74) is 7.59. The van der Waals surface area contributed by atoms with Crippen LogP contribution in [0.2, 0.25) is 0 Å². The predicted molar refractivity (Wildman–Crippen MR) is 75.9 cm³/mol. The first-order chi connectivity index (χ1) is 9.20. The van der Waals surface area contributed by atoms with Gasteiger partial charge in [-0.15, -0.1) is 0 Å². The van der Waals surface area contributed by atoms with E-state index in [9.17, 15) is 5.26 Å². The van der Waals surface area contributed by atoms with Crippen molar-refractivity contribution in [1.82, 2.24) is 4.98 Å². The summed E-state index contributed by atoms with van der Waals surface area (Å²) in [4.78, 5) is 6.86. The number of nitrogens with two attached hydrogens (primary N) is 1. The fourth-order valence-corrected chi connectivity index (χ4v) is 2.69. The van der Waals surface area contributed by atoms with Crippen LogP contribution in [0.3, 0.4) is 0 Å². The zero-order chi connectivity index (χ0) is 13.4. The molecule has 2 atom stereocenters. The summed E-state index contributed by atoms with van der Waals surface area (Å²) in [5.74, 6) is 0.857. The number of nitriles is 1. The van der Waals surface area contributed by atoms with Gasteiger partial charge in [0, 0.05) is 24.0 Å². The van der Waals surface area contributed by atoms with Crippen LogP contribution in [0.5, 0.6) is 0 Å². The zero-order valence-electron chi connectivity index (χ0n) is 10.9. The number of hydrogen-bond donors (Lipinski definition) is 1. The third-order valence-corrected chi connectivity index (χ3v) is 3.93. The number of aromatic nitrogens is 1. The maximum Gasteiger partial charge on any atom is 0.130 e. The second-order valence-corrected chi connectivity index (χ2v) is 5.04. The van der Waals surface area contributed by atoms with Crippen molar-refractivity contribution in [3.05, 3.63) is 35.9 Å². The smallest absolute Gasteiger partial charge is 0.130 e. The van der Waals surface area contributed by atoms with E-state index >= 15 is 0 Å². The first-order valence-electron chi connectivity index (χ1n) is 6.53. The quantitative estimate of drug-likeness (QED) is 0.843. The molecule has 1 aromatic carbocycles. The van der Waals surface area contributed by atoms with E-state index in [4.69, 9.17) is 5.73 Å². The van der Waals surface area contributed by atoms with Crippen LogP contribution in [0, 0.1) is 11.3 Å². The maximum atomic E-state index is 9.30. The Morgan fingerprint density at radius 3 is 2.89 bits per heavy atom. The normalized spacial score (nSPS) is 22.7. The van der Waals surface area contributed by atoms with Crippen LogP contribution in [-0.2, 0) is 0 Å². The first-order valence-corrected chi connectivity index (χ1v) is 6.53. The minimum absolute atomic E-state index is 0.179. The lowest BCUT2D eigenvalue weighted by atomic mass is 10.1. The van der Waals surface area contributed by atoms with Crippen LogP contribution in [0.4, 0.5) is 5.82 Å². The molecule has 3 rings (SSSR count). The highest BCUT2D eigenvalue weighted by Crippen LogP contribution is 2.27. The molecule has 1 aromatic heterocycles. The Balaban J connectivity index is 2.13. The third kappa shape index (κ3) is 1.92. The highest BCUT2D eigenvalue weighted by atomic mass is 15.2. The Morgan fingerprint density at radius 1 is 1.42 bits per heavy atom. The fourth-order valence-electron chi connectivity index (χ4n) is 2.69. The molecule has 96 valence electrons. The van der Waals surface area contributed by atoms with Gasteiger partial charge in [-0.2, -0.15) is 5.26 Å². The fraction of sp³-hybridized carbons (Fsp3) is 0.333. The average molecular weight is 252 g/mol. The van der Waals surface area contributed by atoms with Crippen LogP contribution in [0.25, 0.3) is 10.9 Å². The van der Waals surface area contributed by atoms with Crippen LogP contribution >= 0.6 is 0 Å². The van der Waals surface area contributed by atoms with E-state index in [1.165, 1.54) is 0 Å². The molecule has 0 bridgehead atoms. The van der Waals surface area contributed by atoms with Gasteiger partial charge < -0.3 is 10.6 Å². The van der Waals surface area contributed by atoms with Gasteiger partial charge >= 0.3 is 0 Å². The van der Waals surface area contributed by atoms with E-state index in [0.717, 1.165) is 29.7 Å². The molecule has 1 saturated heterocycles. The van der Waals surface area contributed by atoms with Gasteiger partial charge in [0.1, 0.15) is 5.82 Å². The summed E-state index contributed by atoms with van der Waals surface area (Å²) < 4.78 is 0. The van der Waals surface area contributed by atoms with Crippen LogP contribution < -0.4 is 10.6 Å². The van der Waals surface area contributed by atoms with Gasteiger partial charge in [0.15, 0.2) is 0 Å². The van der Waals surface area contributed by atoms with Crippen molar-refractivity contribution < 1.29 is 0 Å². The average Bonchev–Trinajstić information content (AvgIpc) is 2.78. The summed E-state index contributed by atoms with van der Waals surface area (Å²) in [5, 5.41) is 10.2. The Morgan fingerprint density at radius 2 is 2.21 bits per heavy atom. The molecule has 2 unspecified atom stereocenters. The molecule has 0 amide bonds.